The molecule has 5 heteroatoms. The second-order valence-corrected chi connectivity index (χ2v) is 7.88. The average molecular weight is 409 g/mol. The summed E-state index contributed by atoms with van der Waals surface area (Å²) in [5.74, 6) is 0.0631. The highest BCUT2D eigenvalue weighted by Crippen LogP contribution is 2.27. The van der Waals surface area contributed by atoms with E-state index in [9.17, 15) is 4.79 Å². The van der Waals surface area contributed by atoms with Crippen LogP contribution in [0.25, 0.3) is 22.2 Å². The Hall–Kier alpha value is -3.73. The molecule has 0 unspecified atom stereocenters. The van der Waals surface area contributed by atoms with Crippen molar-refractivity contribution in [2.24, 2.45) is 0 Å². The minimum absolute atomic E-state index is 0.0631. The molecule has 1 aliphatic rings. The minimum Gasteiger partial charge on any atom is -0.368 e. The molecule has 2 aromatic carbocycles. The highest BCUT2D eigenvalue weighted by molar-refractivity contribution is 6.07. The Balaban J connectivity index is 1.44. The summed E-state index contributed by atoms with van der Waals surface area (Å²) >= 11 is 0. The highest BCUT2D eigenvalue weighted by atomic mass is 16.2. The number of aromatic nitrogens is 2. The zero-order valence-electron chi connectivity index (χ0n) is 17.5. The quantitative estimate of drug-likeness (QED) is 0.498. The number of fused-ring (bicyclic) bond motifs is 1. The van der Waals surface area contributed by atoms with Crippen LogP contribution < -0.4 is 4.90 Å². The fourth-order valence-electron chi connectivity index (χ4n) is 4.25. The Morgan fingerprint density at radius 2 is 1.68 bits per heavy atom. The molecule has 1 saturated heterocycles. The van der Waals surface area contributed by atoms with Crippen molar-refractivity contribution in [1.82, 2.24) is 14.9 Å². The van der Waals surface area contributed by atoms with Crippen LogP contribution >= 0.6 is 0 Å². The number of carbonyl (C=O) groups excluding carboxylic acids is 1. The molecule has 5 nitrogen and oxygen atoms in total. The van der Waals surface area contributed by atoms with Crippen molar-refractivity contribution in [1.29, 1.82) is 0 Å². The number of para-hydroxylation sites is 2. The van der Waals surface area contributed by atoms with E-state index < -0.39 is 0 Å². The summed E-state index contributed by atoms with van der Waals surface area (Å²) in [6, 6.07) is 22.1. The number of carbonyl (C=O) groups is 1. The summed E-state index contributed by atoms with van der Waals surface area (Å²) in [5, 5.41) is 0.890. The first-order valence-electron chi connectivity index (χ1n) is 10.6. The van der Waals surface area contributed by atoms with Gasteiger partial charge in [0.25, 0.3) is 5.91 Å². The van der Waals surface area contributed by atoms with Crippen LogP contribution in [0.2, 0.25) is 0 Å². The molecule has 0 atom stereocenters. The lowest BCUT2D eigenvalue weighted by Crippen LogP contribution is -2.49. The van der Waals surface area contributed by atoms with Crippen LogP contribution in [0.5, 0.6) is 0 Å². The van der Waals surface area contributed by atoms with Crippen molar-refractivity contribution >= 4 is 22.5 Å². The normalized spacial score (nSPS) is 14.1. The lowest BCUT2D eigenvalue weighted by atomic mass is 10.0. The molecule has 31 heavy (non-hydrogen) atoms. The molecule has 4 aromatic rings. The summed E-state index contributed by atoms with van der Waals surface area (Å²) in [7, 11) is 0. The van der Waals surface area contributed by atoms with Crippen molar-refractivity contribution in [3.63, 3.8) is 0 Å². The molecular weight excluding hydrogens is 384 g/mol. The van der Waals surface area contributed by atoms with Crippen LogP contribution in [0.3, 0.4) is 0 Å². The average Bonchev–Trinajstić information content (AvgIpc) is 2.84. The van der Waals surface area contributed by atoms with Gasteiger partial charge in [-0.05, 0) is 42.8 Å². The van der Waals surface area contributed by atoms with Crippen molar-refractivity contribution in [2.45, 2.75) is 6.92 Å². The minimum atomic E-state index is 0.0631. The molecule has 1 amide bonds. The van der Waals surface area contributed by atoms with Crippen LogP contribution in [-0.2, 0) is 0 Å². The Morgan fingerprint density at radius 3 is 2.45 bits per heavy atom. The summed E-state index contributed by atoms with van der Waals surface area (Å²) in [6.07, 6.45) is 3.52. The fourth-order valence-corrected chi connectivity index (χ4v) is 4.25. The van der Waals surface area contributed by atoms with E-state index in [1.165, 1.54) is 11.3 Å². The fraction of sp³-hybridized carbons (Fsp3) is 0.192. The molecule has 0 spiro atoms. The van der Waals surface area contributed by atoms with E-state index >= 15 is 0 Å². The smallest absolute Gasteiger partial charge is 0.254 e. The SMILES string of the molecule is Cc1ccccc1N1CCN(C(=O)c2cc(-c3cccnc3)nc3ccccc23)CC1. The number of anilines is 1. The maximum Gasteiger partial charge on any atom is 0.254 e. The molecule has 0 bridgehead atoms. The van der Waals surface area contributed by atoms with Crippen LogP contribution in [0, 0.1) is 6.92 Å². The molecule has 0 N–H and O–H groups in total. The number of hydrogen-bond acceptors (Lipinski definition) is 4. The second-order valence-electron chi connectivity index (χ2n) is 7.88. The van der Waals surface area contributed by atoms with Gasteiger partial charge in [0.2, 0.25) is 0 Å². The van der Waals surface area contributed by atoms with Crippen LogP contribution in [0.1, 0.15) is 15.9 Å². The molecule has 3 heterocycles. The predicted molar refractivity (Wildman–Crippen MR) is 124 cm³/mol. The van der Waals surface area contributed by atoms with E-state index in [1.807, 2.05) is 47.4 Å². The summed E-state index contributed by atoms with van der Waals surface area (Å²) in [4.78, 5) is 26.9. The third kappa shape index (κ3) is 3.75. The van der Waals surface area contributed by atoms with Gasteiger partial charge in [0.05, 0.1) is 16.8 Å². The van der Waals surface area contributed by atoms with Crippen LogP contribution in [-0.4, -0.2) is 47.0 Å². The topological polar surface area (TPSA) is 49.3 Å². The number of amides is 1. The standard InChI is InChI=1S/C26H24N4O/c1-19-7-2-5-11-25(19)29-13-15-30(16-14-29)26(31)22-17-24(20-8-6-12-27-18-20)28-23-10-4-3-9-21(22)23/h2-12,17-18H,13-16H2,1H3. The Labute approximate surface area is 182 Å². The Morgan fingerprint density at radius 1 is 0.903 bits per heavy atom. The molecule has 1 fully saturated rings. The van der Waals surface area contributed by atoms with E-state index in [0.717, 1.165) is 35.2 Å². The Bertz CT molecular complexity index is 1230. The van der Waals surface area contributed by atoms with Crippen molar-refractivity contribution in [2.75, 3.05) is 31.1 Å². The first kappa shape index (κ1) is 19.2. The maximum absolute atomic E-state index is 13.6. The first-order valence-corrected chi connectivity index (χ1v) is 10.6. The number of hydrogen-bond donors (Lipinski definition) is 0. The van der Waals surface area contributed by atoms with Gasteiger partial charge in [0.1, 0.15) is 0 Å². The molecular formula is C26H24N4O. The number of aryl methyl sites for hydroxylation is 1. The number of rotatable bonds is 3. The molecule has 1 aliphatic heterocycles. The molecule has 5 rings (SSSR count). The Kier molecular flexibility index (Phi) is 5.08. The maximum atomic E-state index is 13.6. The van der Waals surface area contributed by atoms with Gasteiger partial charge in [-0.2, -0.15) is 0 Å². The number of pyridine rings is 2. The molecule has 0 radical (unpaired) electrons. The van der Waals surface area contributed by atoms with E-state index in [4.69, 9.17) is 4.98 Å². The molecule has 154 valence electrons. The largest absolute Gasteiger partial charge is 0.368 e. The van der Waals surface area contributed by atoms with Crippen molar-refractivity contribution < 1.29 is 4.79 Å². The highest BCUT2D eigenvalue weighted by Gasteiger charge is 2.25. The second kappa shape index (κ2) is 8.19. The summed E-state index contributed by atoms with van der Waals surface area (Å²) in [6.45, 7) is 5.19. The van der Waals surface area contributed by atoms with E-state index in [2.05, 4.69) is 41.1 Å². The van der Waals surface area contributed by atoms with Gasteiger partial charge in [-0.1, -0.05) is 36.4 Å². The van der Waals surface area contributed by atoms with E-state index in [0.29, 0.717) is 18.7 Å². The van der Waals surface area contributed by atoms with Crippen molar-refractivity contribution in [3.05, 3.63) is 90.3 Å². The molecule has 0 saturated carbocycles. The summed E-state index contributed by atoms with van der Waals surface area (Å²) in [5.41, 5.74) is 5.73. The summed E-state index contributed by atoms with van der Waals surface area (Å²) < 4.78 is 0. The van der Waals surface area contributed by atoms with Gasteiger partial charge in [-0.3, -0.25) is 9.78 Å². The van der Waals surface area contributed by atoms with Gasteiger partial charge in [-0.15, -0.1) is 0 Å². The van der Waals surface area contributed by atoms with Gasteiger partial charge in [0, 0.05) is 55.2 Å². The molecule has 2 aromatic heterocycles. The molecule has 0 aliphatic carbocycles. The third-order valence-electron chi connectivity index (χ3n) is 5.93. The van der Waals surface area contributed by atoms with Crippen LogP contribution in [0.4, 0.5) is 5.69 Å². The third-order valence-corrected chi connectivity index (χ3v) is 5.93. The number of benzene rings is 2. The van der Waals surface area contributed by atoms with E-state index in [1.54, 1.807) is 12.4 Å². The number of nitrogens with zero attached hydrogens (tertiary/aromatic N) is 4. The monoisotopic (exact) mass is 408 g/mol. The van der Waals surface area contributed by atoms with Gasteiger partial charge in [-0.25, -0.2) is 4.98 Å². The lowest BCUT2D eigenvalue weighted by molar-refractivity contribution is 0.0748. The number of piperazine rings is 1. The zero-order chi connectivity index (χ0) is 21.2. The van der Waals surface area contributed by atoms with Crippen molar-refractivity contribution in [3.8, 4) is 11.3 Å². The lowest BCUT2D eigenvalue weighted by Gasteiger charge is -2.37. The van der Waals surface area contributed by atoms with Gasteiger partial charge < -0.3 is 9.80 Å². The zero-order valence-corrected chi connectivity index (χ0v) is 17.5. The van der Waals surface area contributed by atoms with Crippen LogP contribution in [0.15, 0.2) is 79.1 Å². The predicted octanol–water partition coefficient (Wildman–Crippen LogP) is 4.57. The van der Waals surface area contributed by atoms with E-state index in [-0.39, 0.29) is 5.91 Å². The van der Waals surface area contributed by atoms with Gasteiger partial charge >= 0.3 is 0 Å². The van der Waals surface area contributed by atoms with Gasteiger partial charge in [0.15, 0.2) is 0 Å². The first-order chi connectivity index (χ1) is 15.2.